The molecule has 1 unspecified atom stereocenters. The van der Waals surface area contributed by atoms with E-state index in [0.717, 1.165) is 93.0 Å². The standard InChI is InChI=1S/C26H28F3N5O/c27-26(28,29)19-7-5-18(6-8-19)25(11-12-25)24-30-20-9-10-21(31-22(20)32-24)34-15-3-4-17(16-34)23(35)33-13-1-2-14-33/h5-10,17H,1-4,11-16H2,(H,30,31,32). The Morgan fingerprint density at radius 1 is 0.971 bits per heavy atom. The van der Waals surface area contributed by atoms with Crippen LogP contribution in [0.5, 0.6) is 0 Å². The SMILES string of the molecule is O=C(C1CCCN(c2ccc3[nH]c(C4(c5ccc(C(F)(F)F)cc5)CC4)nc3n2)C1)N1CCCC1. The number of aromatic amines is 1. The van der Waals surface area contributed by atoms with Gasteiger partial charge in [0.2, 0.25) is 5.91 Å². The molecule has 6 rings (SSSR count). The normalized spacial score (nSPS) is 22.1. The van der Waals surface area contributed by atoms with Crippen molar-refractivity contribution < 1.29 is 18.0 Å². The van der Waals surface area contributed by atoms with E-state index in [-0.39, 0.29) is 17.2 Å². The summed E-state index contributed by atoms with van der Waals surface area (Å²) in [4.78, 5) is 30.0. The van der Waals surface area contributed by atoms with Crippen LogP contribution in [0, 0.1) is 5.92 Å². The van der Waals surface area contributed by atoms with Crippen LogP contribution < -0.4 is 4.90 Å². The number of H-pyrrole nitrogens is 1. The number of benzene rings is 1. The maximum Gasteiger partial charge on any atom is 0.416 e. The number of anilines is 1. The first kappa shape index (κ1) is 22.4. The second kappa shape index (κ2) is 8.24. The van der Waals surface area contributed by atoms with E-state index in [4.69, 9.17) is 9.97 Å². The number of rotatable bonds is 4. The van der Waals surface area contributed by atoms with Crippen molar-refractivity contribution in [2.45, 2.75) is 50.1 Å². The smallest absolute Gasteiger partial charge is 0.356 e. The van der Waals surface area contributed by atoms with Gasteiger partial charge in [-0.1, -0.05) is 12.1 Å². The summed E-state index contributed by atoms with van der Waals surface area (Å²) in [7, 11) is 0. The third-order valence-electron chi connectivity index (χ3n) is 7.81. The Hall–Kier alpha value is -3.10. The van der Waals surface area contributed by atoms with Gasteiger partial charge in [0.15, 0.2) is 5.65 Å². The first-order valence-electron chi connectivity index (χ1n) is 12.4. The van der Waals surface area contributed by atoms with Gasteiger partial charge in [-0.15, -0.1) is 0 Å². The van der Waals surface area contributed by atoms with E-state index < -0.39 is 11.7 Å². The minimum atomic E-state index is -4.35. The lowest BCUT2D eigenvalue weighted by Gasteiger charge is -2.34. The molecule has 35 heavy (non-hydrogen) atoms. The quantitative estimate of drug-likeness (QED) is 0.574. The van der Waals surface area contributed by atoms with Gasteiger partial charge >= 0.3 is 6.18 Å². The van der Waals surface area contributed by atoms with Gasteiger partial charge in [0, 0.05) is 26.2 Å². The molecule has 0 radical (unpaired) electrons. The Kier molecular flexibility index (Phi) is 5.27. The van der Waals surface area contributed by atoms with Crippen LogP contribution in [-0.4, -0.2) is 51.9 Å². The van der Waals surface area contributed by atoms with Crippen LogP contribution in [0.3, 0.4) is 0 Å². The molecular formula is C26H28F3N5O. The molecule has 2 saturated heterocycles. The predicted molar refractivity (Wildman–Crippen MR) is 126 cm³/mol. The van der Waals surface area contributed by atoms with E-state index in [1.54, 1.807) is 12.1 Å². The monoisotopic (exact) mass is 483 g/mol. The minimum Gasteiger partial charge on any atom is -0.356 e. The van der Waals surface area contributed by atoms with Crippen LogP contribution in [0.2, 0.25) is 0 Å². The zero-order valence-electron chi connectivity index (χ0n) is 19.4. The highest BCUT2D eigenvalue weighted by atomic mass is 19.4. The molecule has 4 heterocycles. The van der Waals surface area contributed by atoms with Gasteiger partial charge in [0.1, 0.15) is 11.6 Å². The third-order valence-corrected chi connectivity index (χ3v) is 7.81. The molecule has 3 aromatic rings. The van der Waals surface area contributed by atoms with Crippen molar-refractivity contribution in [1.82, 2.24) is 19.9 Å². The van der Waals surface area contributed by atoms with Crippen LogP contribution in [0.25, 0.3) is 11.2 Å². The predicted octanol–water partition coefficient (Wildman–Crippen LogP) is 4.90. The number of hydrogen-bond acceptors (Lipinski definition) is 4. The van der Waals surface area contributed by atoms with E-state index in [0.29, 0.717) is 12.2 Å². The van der Waals surface area contributed by atoms with E-state index in [2.05, 4.69) is 9.88 Å². The number of imidazole rings is 1. The summed E-state index contributed by atoms with van der Waals surface area (Å²) in [5, 5.41) is 0. The van der Waals surface area contributed by atoms with Crippen molar-refractivity contribution in [3.8, 4) is 0 Å². The van der Waals surface area contributed by atoms with Crippen molar-refractivity contribution in [3.05, 3.63) is 53.3 Å². The molecule has 2 aliphatic heterocycles. The second-order valence-corrected chi connectivity index (χ2v) is 10.1. The fourth-order valence-corrected chi connectivity index (χ4v) is 5.63. The summed E-state index contributed by atoms with van der Waals surface area (Å²) in [5.74, 6) is 1.83. The number of alkyl halides is 3. The van der Waals surface area contributed by atoms with Gasteiger partial charge in [-0.25, -0.2) is 9.97 Å². The lowest BCUT2D eigenvalue weighted by Crippen LogP contribution is -2.44. The fraction of sp³-hybridized carbons (Fsp3) is 0.500. The topological polar surface area (TPSA) is 65.1 Å². The summed E-state index contributed by atoms with van der Waals surface area (Å²) in [6, 6.07) is 9.34. The third kappa shape index (κ3) is 4.04. The summed E-state index contributed by atoms with van der Waals surface area (Å²) in [5.41, 5.74) is 1.22. The van der Waals surface area contributed by atoms with Crippen molar-refractivity contribution in [2.75, 3.05) is 31.1 Å². The molecule has 0 spiro atoms. The van der Waals surface area contributed by atoms with E-state index in [9.17, 15) is 18.0 Å². The molecule has 0 bridgehead atoms. The van der Waals surface area contributed by atoms with Gasteiger partial charge in [0.25, 0.3) is 0 Å². The number of amides is 1. The number of nitrogens with one attached hydrogen (secondary N) is 1. The molecule has 1 aromatic carbocycles. The van der Waals surface area contributed by atoms with Gasteiger partial charge in [0.05, 0.1) is 22.4 Å². The molecular weight excluding hydrogens is 455 g/mol. The van der Waals surface area contributed by atoms with Gasteiger partial charge in [-0.2, -0.15) is 13.2 Å². The van der Waals surface area contributed by atoms with Crippen molar-refractivity contribution in [3.63, 3.8) is 0 Å². The number of pyridine rings is 1. The van der Waals surface area contributed by atoms with Gasteiger partial charge < -0.3 is 14.8 Å². The molecule has 184 valence electrons. The summed E-state index contributed by atoms with van der Waals surface area (Å²) in [6.07, 6.45) is 1.37. The lowest BCUT2D eigenvalue weighted by atomic mass is 9.94. The molecule has 1 amide bonds. The van der Waals surface area contributed by atoms with Crippen molar-refractivity contribution >= 4 is 22.9 Å². The first-order valence-corrected chi connectivity index (χ1v) is 12.4. The molecule has 9 heteroatoms. The Balaban J connectivity index is 1.23. The maximum absolute atomic E-state index is 13.0. The number of nitrogens with zero attached hydrogens (tertiary/aromatic N) is 4. The first-order chi connectivity index (χ1) is 16.8. The molecule has 6 nitrogen and oxygen atoms in total. The molecule has 3 aliphatic rings. The Morgan fingerprint density at radius 3 is 2.40 bits per heavy atom. The van der Waals surface area contributed by atoms with Crippen molar-refractivity contribution in [2.24, 2.45) is 5.92 Å². The number of likely N-dealkylation sites (tertiary alicyclic amines) is 1. The van der Waals surface area contributed by atoms with Crippen LogP contribution in [0.4, 0.5) is 19.0 Å². The Morgan fingerprint density at radius 2 is 1.71 bits per heavy atom. The summed E-state index contributed by atoms with van der Waals surface area (Å²) >= 11 is 0. The number of carbonyl (C=O) groups is 1. The second-order valence-electron chi connectivity index (χ2n) is 10.1. The Bertz CT molecular complexity index is 1240. The van der Waals surface area contributed by atoms with Crippen molar-refractivity contribution in [1.29, 1.82) is 0 Å². The van der Waals surface area contributed by atoms with E-state index in [1.165, 1.54) is 0 Å². The highest BCUT2D eigenvalue weighted by Crippen LogP contribution is 2.53. The molecule has 3 fully saturated rings. The molecule has 1 saturated carbocycles. The average Bonchev–Trinajstić information content (AvgIpc) is 3.27. The minimum absolute atomic E-state index is 0.00324. The Labute approximate surface area is 201 Å². The average molecular weight is 484 g/mol. The zero-order chi connectivity index (χ0) is 24.2. The van der Waals surface area contributed by atoms with Gasteiger partial charge in [-0.05, 0) is 68.4 Å². The van der Waals surface area contributed by atoms with Crippen LogP contribution in [-0.2, 0) is 16.4 Å². The van der Waals surface area contributed by atoms with E-state index >= 15 is 0 Å². The number of carbonyl (C=O) groups excluding carboxylic acids is 1. The van der Waals surface area contributed by atoms with Crippen LogP contribution >= 0.6 is 0 Å². The highest BCUT2D eigenvalue weighted by molar-refractivity contribution is 5.80. The number of fused-ring (bicyclic) bond motifs is 1. The maximum atomic E-state index is 13.0. The molecule has 2 aromatic heterocycles. The van der Waals surface area contributed by atoms with Crippen LogP contribution in [0.15, 0.2) is 36.4 Å². The summed E-state index contributed by atoms with van der Waals surface area (Å²) in [6.45, 7) is 3.27. The lowest BCUT2D eigenvalue weighted by molar-refractivity contribution is -0.137. The number of aromatic nitrogens is 3. The zero-order valence-corrected chi connectivity index (χ0v) is 19.4. The molecule has 1 aliphatic carbocycles. The molecule has 1 N–H and O–H groups in total. The highest BCUT2D eigenvalue weighted by Gasteiger charge is 2.49. The van der Waals surface area contributed by atoms with Crippen LogP contribution in [0.1, 0.15) is 55.5 Å². The van der Waals surface area contributed by atoms with Gasteiger partial charge in [-0.3, -0.25) is 4.79 Å². The fourth-order valence-electron chi connectivity index (χ4n) is 5.63. The number of hydrogen-bond donors (Lipinski definition) is 1. The number of piperidine rings is 1. The number of halogens is 3. The summed E-state index contributed by atoms with van der Waals surface area (Å²) < 4.78 is 38.9. The largest absolute Gasteiger partial charge is 0.416 e. The molecule has 1 atom stereocenters. The van der Waals surface area contributed by atoms with E-state index in [1.807, 2.05) is 17.0 Å².